The number of carbonyl (C=O) groups is 1. The Morgan fingerprint density at radius 3 is 2.42 bits per heavy atom. The highest BCUT2D eigenvalue weighted by Gasteiger charge is 2.34. The Bertz CT molecular complexity index is 1440. The number of carbonyl (C=O) groups excluding carboxylic acids is 1. The number of nitrogens with zero attached hydrogens (tertiary/aromatic N) is 2. The maximum atomic E-state index is 13.6. The van der Waals surface area contributed by atoms with Gasteiger partial charge in [0, 0.05) is 5.02 Å². The second-order valence-corrected chi connectivity index (χ2v) is 10.4. The molecular formula is C26H25ClN2O3S. The first-order valence-corrected chi connectivity index (χ1v) is 11.8. The molecule has 0 saturated heterocycles. The monoisotopic (exact) mass is 480 g/mol. The Morgan fingerprint density at radius 2 is 1.82 bits per heavy atom. The van der Waals surface area contributed by atoms with E-state index in [1.54, 1.807) is 17.6 Å². The summed E-state index contributed by atoms with van der Waals surface area (Å²) in [6.45, 7) is 8.24. The molecule has 1 aromatic heterocycles. The van der Waals surface area contributed by atoms with Gasteiger partial charge in [-0.3, -0.25) is 9.36 Å². The summed E-state index contributed by atoms with van der Waals surface area (Å²) in [7, 11) is 1.32. The lowest BCUT2D eigenvalue weighted by molar-refractivity contribution is -0.136. The highest BCUT2D eigenvalue weighted by molar-refractivity contribution is 7.07. The predicted molar refractivity (Wildman–Crippen MR) is 132 cm³/mol. The van der Waals surface area contributed by atoms with Crippen LogP contribution in [0.4, 0.5) is 0 Å². The summed E-state index contributed by atoms with van der Waals surface area (Å²) in [5.41, 5.74) is 3.43. The zero-order chi connectivity index (χ0) is 23.9. The van der Waals surface area contributed by atoms with E-state index in [0.717, 1.165) is 5.56 Å². The molecule has 0 fully saturated rings. The van der Waals surface area contributed by atoms with Gasteiger partial charge >= 0.3 is 5.97 Å². The first-order valence-electron chi connectivity index (χ1n) is 10.6. The topological polar surface area (TPSA) is 60.7 Å². The molecule has 170 valence electrons. The fourth-order valence-electron chi connectivity index (χ4n) is 3.91. The molecule has 3 aromatic rings. The van der Waals surface area contributed by atoms with Crippen molar-refractivity contribution in [1.29, 1.82) is 0 Å². The Balaban J connectivity index is 1.92. The van der Waals surface area contributed by atoms with Crippen molar-refractivity contribution in [3.63, 3.8) is 0 Å². The molecule has 0 N–H and O–H groups in total. The average molecular weight is 481 g/mol. The highest BCUT2D eigenvalue weighted by Crippen LogP contribution is 2.34. The molecule has 0 bridgehead atoms. The lowest BCUT2D eigenvalue weighted by Crippen LogP contribution is -2.39. The highest BCUT2D eigenvalue weighted by atomic mass is 35.5. The summed E-state index contributed by atoms with van der Waals surface area (Å²) in [6.07, 6.45) is 1.86. The Labute approximate surface area is 201 Å². The van der Waals surface area contributed by atoms with Gasteiger partial charge in [0.1, 0.15) is 6.04 Å². The SMILES string of the molecule is COC(=O)C1=C(C)N=c2s/c(=C\c3ccc(C(C)(C)C)cc3)c(=O)n2C1c1ccccc1Cl. The Kier molecular flexibility index (Phi) is 6.16. The van der Waals surface area contributed by atoms with Gasteiger partial charge in [0.05, 0.1) is 22.9 Å². The first kappa shape index (κ1) is 23.2. The maximum Gasteiger partial charge on any atom is 0.338 e. The van der Waals surface area contributed by atoms with Crippen LogP contribution in [-0.4, -0.2) is 17.6 Å². The van der Waals surface area contributed by atoms with Gasteiger partial charge in [-0.15, -0.1) is 0 Å². The molecule has 1 aliphatic heterocycles. The van der Waals surface area contributed by atoms with E-state index in [0.29, 0.717) is 31.2 Å². The number of fused-ring (bicyclic) bond motifs is 1. The van der Waals surface area contributed by atoms with Crippen molar-refractivity contribution in [3.8, 4) is 0 Å². The molecule has 1 aliphatic rings. The largest absolute Gasteiger partial charge is 0.466 e. The minimum Gasteiger partial charge on any atom is -0.466 e. The quantitative estimate of drug-likeness (QED) is 0.523. The number of halogens is 1. The van der Waals surface area contributed by atoms with Gasteiger partial charge in [0.2, 0.25) is 0 Å². The Morgan fingerprint density at radius 1 is 1.15 bits per heavy atom. The molecule has 0 radical (unpaired) electrons. The normalized spacial score (nSPS) is 16.4. The van der Waals surface area contributed by atoms with Crippen LogP contribution in [0.15, 0.2) is 69.6 Å². The molecule has 4 rings (SSSR count). The van der Waals surface area contributed by atoms with Crippen LogP contribution >= 0.6 is 22.9 Å². The Hall–Kier alpha value is -2.96. The molecule has 0 spiro atoms. The van der Waals surface area contributed by atoms with Gasteiger partial charge < -0.3 is 4.74 Å². The smallest absolute Gasteiger partial charge is 0.338 e. The summed E-state index contributed by atoms with van der Waals surface area (Å²) in [5, 5.41) is 0.464. The van der Waals surface area contributed by atoms with Crippen LogP contribution in [0.25, 0.3) is 6.08 Å². The van der Waals surface area contributed by atoms with Gasteiger partial charge in [-0.2, -0.15) is 0 Å². The van der Waals surface area contributed by atoms with Crippen LogP contribution in [0.2, 0.25) is 5.02 Å². The standard InChI is InChI=1S/C26H25ClN2O3S/c1-15-21(24(31)32-5)22(18-8-6-7-9-19(18)27)29-23(30)20(33-25(29)28-15)14-16-10-12-17(13-11-16)26(2,3)4/h6-14,22H,1-5H3/b20-14-. The van der Waals surface area contributed by atoms with Gasteiger partial charge in [0.25, 0.3) is 5.56 Å². The number of esters is 1. The van der Waals surface area contributed by atoms with Crippen LogP contribution in [-0.2, 0) is 14.9 Å². The summed E-state index contributed by atoms with van der Waals surface area (Å²) >= 11 is 7.80. The minimum atomic E-state index is -0.715. The first-order chi connectivity index (χ1) is 15.6. The third kappa shape index (κ3) is 4.33. The van der Waals surface area contributed by atoms with Crippen LogP contribution < -0.4 is 14.9 Å². The molecular weight excluding hydrogens is 456 g/mol. The second-order valence-electron chi connectivity index (χ2n) is 8.97. The summed E-state index contributed by atoms with van der Waals surface area (Å²) < 4.78 is 7.11. The third-order valence-corrected chi connectivity index (χ3v) is 7.03. The van der Waals surface area contributed by atoms with E-state index in [2.05, 4.69) is 37.9 Å². The molecule has 7 heteroatoms. The predicted octanol–water partition coefficient (Wildman–Crippen LogP) is 4.36. The van der Waals surface area contributed by atoms with Crippen molar-refractivity contribution in [2.75, 3.05) is 7.11 Å². The number of hydrogen-bond acceptors (Lipinski definition) is 5. The van der Waals surface area contributed by atoms with E-state index in [1.165, 1.54) is 24.0 Å². The minimum absolute atomic E-state index is 0.0502. The van der Waals surface area contributed by atoms with Crippen LogP contribution in [0, 0.1) is 0 Å². The number of aromatic nitrogens is 1. The number of methoxy groups -OCH3 is 1. The van der Waals surface area contributed by atoms with Crippen LogP contribution in [0.3, 0.4) is 0 Å². The van der Waals surface area contributed by atoms with Crippen molar-refractivity contribution in [2.45, 2.75) is 39.2 Å². The molecule has 1 atom stereocenters. The van der Waals surface area contributed by atoms with Crippen molar-refractivity contribution in [3.05, 3.63) is 101 Å². The van der Waals surface area contributed by atoms with Crippen LogP contribution in [0.1, 0.15) is 50.4 Å². The van der Waals surface area contributed by atoms with Crippen molar-refractivity contribution in [1.82, 2.24) is 4.57 Å². The molecule has 2 heterocycles. The van der Waals surface area contributed by atoms with Crippen molar-refractivity contribution >= 4 is 35.0 Å². The number of benzene rings is 2. The lowest BCUT2D eigenvalue weighted by atomic mass is 9.87. The maximum absolute atomic E-state index is 13.6. The molecule has 0 amide bonds. The van der Waals surface area contributed by atoms with Gasteiger partial charge in [-0.1, -0.05) is 86.2 Å². The zero-order valence-electron chi connectivity index (χ0n) is 19.2. The van der Waals surface area contributed by atoms with Gasteiger partial charge in [-0.25, -0.2) is 9.79 Å². The number of allylic oxidation sites excluding steroid dienone is 1. The van der Waals surface area contributed by atoms with E-state index >= 15 is 0 Å². The fourth-order valence-corrected chi connectivity index (χ4v) is 5.20. The molecule has 2 aromatic carbocycles. The van der Waals surface area contributed by atoms with Crippen LogP contribution in [0.5, 0.6) is 0 Å². The number of hydrogen-bond donors (Lipinski definition) is 0. The van der Waals surface area contributed by atoms with E-state index < -0.39 is 12.0 Å². The summed E-state index contributed by atoms with van der Waals surface area (Å²) in [4.78, 5) is 31.4. The molecule has 1 unspecified atom stereocenters. The lowest BCUT2D eigenvalue weighted by Gasteiger charge is -2.25. The van der Waals surface area contributed by atoms with Gasteiger partial charge in [-0.05, 0) is 41.2 Å². The van der Waals surface area contributed by atoms with E-state index in [9.17, 15) is 9.59 Å². The number of rotatable bonds is 3. The third-order valence-electron chi connectivity index (χ3n) is 5.70. The molecule has 0 saturated carbocycles. The van der Waals surface area contributed by atoms with E-state index in [4.69, 9.17) is 16.3 Å². The fraction of sp³-hybridized carbons (Fsp3) is 0.269. The molecule has 0 aliphatic carbocycles. The number of thiazole rings is 1. The zero-order valence-corrected chi connectivity index (χ0v) is 20.8. The van der Waals surface area contributed by atoms with Crippen molar-refractivity contribution < 1.29 is 9.53 Å². The molecule has 5 nitrogen and oxygen atoms in total. The summed E-state index contributed by atoms with van der Waals surface area (Å²) in [5.74, 6) is -0.534. The van der Waals surface area contributed by atoms with Crippen molar-refractivity contribution in [2.24, 2.45) is 4.99 Å². The second kappa shape index (κ2) is 8.76. The van der Waals surface area contributed by atoms with E-state index in [-0.39, 0.29) is 11.0 Å². The molecule has 33 heavy (non-hydrogen) atoms. The number of ether oxygens (including phenoxy) is 1. The van der Waals surface area contributed by atoms with Gasteiger partial charge in [0.15, 0.2) is 4.80 Å². The summed E-state index contributed by atoms with van der Waals surface area (Å²) in [6, 6.07) is 14.7. The average Bonchev–Trinajstić information content (AvgIpc) is 3.07. The van der Waals surface area contributed by atoms with E-state index in [1.807, 2.05) is 36.4 Å².